The van der Waals surface area contributed by atoms with Crippen molar-refractivity contribution in [3.8, 4) is 0 Å². The Morgan fingerprint density at radius 3 is 2.19 bits per heavy atom. The van der Waals surface area contributed by atoms with Crippen LogP contribution in [0.2, 0.25) is 5.02 Å². The number of nitro groups is 2. The Morgan fingerprint density at radius 2 is 1.81 bits per heavy atom. The summed E-state index contributed by atoms with van der Waals surface area (Å²) in [7, 11) is 1.45. The zero-order valence-corrected chi connectivity index (χ0v) is 11.9. The Hall–Kier alpha value is -2.26. The molecule has 0 saturated carbocycles. The molecule has 21 heavy (non-hydrogen) atoms. The van der Waals surface area contributed by atoms with Crippen LogP contribution in [0.25, 0.3) is 0 Å². The fourth-order valence-electron chi connectivity index (χ4n) is 1.59. The molecular formula is C11H12ClN3O6. The number of nitro benzene ring substituents is 2. The van der Waals surface area contributed by atoms with E-state index in [0.29, 0.717) is 0 Å². The van der Waals surface area contributed by atoms with Gasteiger partial charge in [0.25, 0.3) is 17.3 Å². The van der Waals surface area contributed by atoms with Crippen molar-refractivity contribution in [2.45, 2.75) is 13.0 Å². The number of methoxy groups -OCH3 is 1. The molecule has 10 heteroatoms. The van der Waals surface area contributed by atoms with Crippen molar-refractivity contribution in [2.24, 2.45) is 0 Å². The maximum Gasteiger partial charge on any atom is 0.295 e. The lowest BCUT2D eigenvalue weighted by molar-refractivity contribution is -0.393. The first kappa shape index (κ1) is 16.8. The summed E-state index contributed by atoms with van der Waals surface area (Å²) in [5.74, 6) is -0.692. The molecule has 0 fully saturated rings. The Morgan fingerprint density at radius 1 is 1.33 bits per heavy atom. The van der Waals surface area contributed by atoms with E-state index < -0.39 is 32.2 Å². The van der Waals surface area contributed by atoms with E-state index in [-0.39, 0.29) is 18.2 Å². The summed E-state index contributed by atoms with van der Waals surface area (Å²) in [5.41, 5.74) is -1.62. The minimum absolute atomic E-state index is 0.222. The number of ether oxygens (including phenoxy) is 1. The molecule has 1 atom stereocenters. The van der Waals surface area contributed by atoms with Crippen LogP contribution in [0.5, 0.6) is 0 Å². The first-order chi connectivity index (χ1) is 9.77. The minimum Gasteiger partial charge on any atom is -0.383 e. The van der Waals surface area contributed by atoms with Crippen LogP contribution in [-0.2, 0) is 4.74 Å². The molecule has 1 amide bonds. The fourth-order valence-corrected chi connectivity index (χ4v) is 1.84. The zero-order chi connectivity index (χ0) is 16.2. The van der Waals surface area contributed by atoms with Crippen LogP contribution in [0.4, 0.5) is 11.4 Å². The van der Waals surface area contributed by atoms with Gasteiger partial charge >= 0.3 is 0 Å². The summed E-state index contributed by atoms with van der Waals surface area (Å²) < 4.78 is 4.83. The molecule has 0 spiro atoms. The molecule has 0 aliphatic rings. The summed E-state index contributed by atoms with van der Waals surface area (Å²) >= 11 is 5.60. The molecule has 114 valence electrons. The van der Waals surface area contributed by atoms with Gasteiger partial charge in [0, 0.05) is 25.3 Å². The van der Waals surface area contributed by atoms with Crippen molar-refractivity contribution >= 4 is 28.9 Å². The van der Waals surface area contributed by atoms with Crippen molar-refractivity contribution in [1.82, 2.24) is 5.32 Å². The van der Waals surface area contributed by atoms with E-state index in [1.54, 1.807) is 6.92 Å². The highest BCUT2D eigenvalue weighted by molar-refractivity contribution is 6.35. The van der Waals surface area contributed by atoms with Gasteiger partial charge in [0.1, 0.15) is 0 Å². The molecule has 0 saturated heterocycles. The highest BCUT2D eigenvalue weighted by Crippen LogP contribution is 2.34. The highest BCUT2D eigenvalue weighted by atomic mass is 35.5. The van der Waals surface area contributed by atoms with Crippen LogP contribution < -0.4 is 5.32 Å². The second-order valence-electron chi connectivity index (χ2n) is 4.17. The van der Waals surface area contributed by atoms with E-state index in [1.165, 1.54) is 7.11 Å². The topological polar surface area (TPSA) is 125 Å². The molecule has 0 aliphatic heterocycles. The summed E-state index contributed by atoms with van der Waals surface area (Å²) in [6, 6.07) is 1.42. The second kappa shape index (κ2) is 6.95. The van der Waals surface area contributed by atoms with Crippen molar-refractivity contribution in [2.75, 3.05) is 13.7 Å². The normalized spacial score (nSPS) is 11.8. The number of carbonyl (C=O) groups excluding carboxylic acids is 1. The Labute approximate surface area is 124 Å². The number of hydrogen-bond acceptors (Lipinski definition) is 6. The number of nitrogens with zero attached hydrogens (tertiary/aromatic N) is 2. The summed E-state index contributed by atoms with van der Waals surface area (Å²) in [5, 5.41) is 23.6. The van der Waals surface area contributed by atoms with Gasteiger partial charge < -0.3 is 10.1 Å². The first-order valence-electron chi connectivity index (χ1n) is 5.70. The number of rotatable bonds is 6. The molecule has 0 bridgehead atoms. The van der Waals surface area contributed by atoms with Crippen molar-refractivity contribution < 1.29 is 19.4 Å². The quantitative estimate of drug-likeness (QED) is 0.631. The molecule has 1 unspecified atom stereocenters. The van der Waals surface area contributed by atoms with Crippen LogP contribution in [-0.4, -0.2) is 35.5 Å². The number of nitrogens with one attached hydrogen (secondary N) is 1. The maximum absolute atomic E-state index is 11.9. The Bertz CT molecular complexity index is 556. The van der Waals surface area contributed by atoms with Gasteiger partial charge in [0.15, 0.2) is 5.02 Å². The molecule has 0 aliphatic carbocycles. The van der Waals surface area contributed by atoms with Gasteiger partial charge in [0.2, 0.25) is 0 Å². The molecule has 0 radical (unpaired) electrons. The third kappa shape index (κ3) is 4.10. The van der Waals surface area contributed by atoms with Crippen LogP contribution in [0.3, 0.4) is 0 Å². The third-order valence-corrected chi connectivity index (χ3v) is 2.87. The number of amides is 1. The van der Waals surface area contributed by atoms with Gasteiger partial charge in [-0.1, -0.05) is 11.6 Å². The minimum atomic E-state index is -0.884. The Kier molecular flexibility index (Phi) is 5.56. The summed E-state index contributed by atoms with van der Waals surface area (Å²) in [6.07, 6.45) is 0. The van der Waals surface area contributed by atoms with E-state index in [1.807, 2.05) is 0 Å². The number of carbonyl (C=O) groups is 1. The van der Waals surface area contributed by atoms with E-state index in [0.717, 1.165) is 12.1 Å². The molecule has 1 rings (SSSR count). The monoisotopic (exact) mass is 317 g/mol. The average molecular weight is 318 g/mol. The van der Waals surface area contributed by atoms with Crippen LogP contribution >= 0.6 is 11.6 Å². The molecule has 1 aromatic rings. The number of hydrogen-bond donors (Lipinski definition) is 1. The van der Waals surface area contributed by atoms with Gasteiger partial charge in [-0.05, 0) is 6.92 Å². The SMILES string of the molecule is COCC(C)NC(=O)c1cc([N+](=O)[O-])c(Cl)c([N+](=O)[O-])c1. The van der Waals surface area contributed by atoms with Crippen molar-refractivity contribution in [3.05, 3.63) is 42.9 Å². The van der Waals surface area contributed by atoms with Crippen LogP contribution in [0, 0.1) is 20.2 Å². The van der Waals surface area contributed by atoms with E-state index in [9.17, 15) is 25.0 Å². The first-order valence-corrected chi connectivity index (χ1v) is 6.07. The zero-order valence-electron chi connectivity index (χ0n) is 11.2. The maximum atomic E-state index is 11.9. The lowest BCUT2D eigenvalue weighted by atomic mass is 10.1. The van der Waals surface area contributed by atoms with E-state index in [2.05, 4.69) is 5.32 Å². The molecule has 0 aromatic heterocycles. The van der Waals surface area contributed by atoms with Gasteiger partial charge in [-0.2, -0.15) is 0 Å². The van der Waals surface area contributed by atoms with Crippen molar-refractivity contribution in [1.29, 1.82) is 0 Å². The van der Waals surface area contributed by atoms with Gasteiger partial charge in [-0.15, -0.1) is 0 Å². The molecular weight excluding hydrogens is 306 g/mol. The number of halogens is 1. The molecule has 1 N–H and O–H groups in total. The predicted octanol–water partition coefficient (Wildman–Crippen LogP) is 1.92. The van der Waals surface area contributed by atoms with Gasteiger partial charge in [0.05, 0.1) is 22.0 Å². The van der Waals surface area contributed by atoms with E-state index in [4.69, 9.17) is 16.3 Å². The van der Waals surface area contributed by atoms with Crippen molar-refractivity contribution in [3.63, 3.8) is 0 Å². The Balaban J connectivity index is 3.21. The summed E-state index contributed by atoms with van der Waals surface area (Å²) in [6.45, 7) is 1.88. The lowest BCUT2D eigenvalue weighted by Gasteiger charge is -2.12. The number of benzene rings is 1. The fraction of sp³-hybridized carbons (Fsp3) is 0.364. The predicted molar refractivity (Wildman–Crippen MR) is 73.6 cm³/mol. The van der Waals surface area contributed by atoms with Gasteiger partial charge in [-0.25, -0.2) is 0 Å². The summed E-state index contributed by atoms with van der Waals surface area (Å²) in [4.78, 5) is 31.9. The molecule has 0 heterocycles. The smallest absolute Gasteiger partial charge is 0.295 e. The molecule has 9 nitrogen and oxygen atoms in total. The van der Waals surface area contributed by atoms with Crippen LogP contribution in [0.15, 0.2) is 12.1 Å². The van der Waals surface area contributed by atoms with Crippen LogP contribution in [0.1, 0.15) is 17.3 Å². The standard InChI is InChI=1S/C11H12ClN3O6/c1-6(5-21-2)13-11(16)7-3-8(14(17)18)10(12)9(4-7)15(19)20/h3-4,6H,5H2,1-2H3,(H,13,16). The highest BCUT2D eigenvalue weighted by Gasteiger charge is 2.27. The van der Waals surface area contributed by atoms with Gasteiger partial charge in [-0.3, -0.25) is 25.0 Å². The third-order valence-electron chi connectivity index (χ3n) is 2.48. The average Bonchev–Trinajstić information content (AvgIpc) is 2.38. The molecule has 1 aromatic carbocycles. The second-order valence-corrected chi connectivity index (χ2v) is 4.55. The van der Waals surface area contributed by atoms with E-state index >= 15 is 0 Å². The largest absolute Gasteiger partial charge is 0.383 e. The lowest BCUT2D eigenvalue weighted by Crippen LogP contribution is -2.35.